The molecule has 1 saturated heterocycles. The molecule has 2 N–H and O–H groups in total. The van der Waals surface area contributed by atoms with Crippen LogP contribution in [0.5, 0.6) is 0 Å². The maximum Gasteiger partial charge on any atom is 0.220 e. The third-order valence-corrected chi connectivity index (χ3v) is 3.83. The Morgan fingerprint density at radius 1 is 1.45 bits per heavy atom. The summed E-state index contributed by atoms with van der Waals surface area (Å²) in [5.74, 6) is -1.40. The zero-order chi connectivity index (χ0) is 14.5. The molecule has 0 spiro atoms. The van der Waals surface area contributed by atoms with Gasteiger partial charge in [-0.1, -0.05) is 19.1 Å². The summed E-state index contributed by atoms with van der Waals surface area (Å²) in [6.07, 6.45) is 1.41. The summed E-state index contributed by atoms with van der Waals surface area (Å²) in [4.78, 5) is 11.9. The normalized spacial score (nSPS) is 22.6. The van der Waals surface area contributed by atoms with Gasteiger partial charge in [0.2, 0.25) is 5.91 Å². The first-order valence-electron chi connectivity index (χ1n) is 7.01. The van der Waals surface area contributed by atoms with E-state index in [-0.39, 0.29) is 30.4 Å². The molecular formula is C15H20F2N2O. The fourth-order valence-corrected chi connectivity index (χ4v) is 2.45. The summed E-state index contributed by atoms with van der Waals surface area (Å²) in [6.45, 7) is 3.85. The van der Waals surface area contributed by atoms with Crippen molar-refractivity contribution < 1.29 is 13.6 Å². The molecule has 1 aromatic rings. The number of piperidine rings is 1. The van der Waals surface area contributed by atoms with Gasteiger partial charge in [-0.25, -0.2) is 8.78 Å². The first-order chi connectivity index (χ1) is 9.58. The predicted molar refractivity (Wildman–Crippen MR) is 73.3 cm³/mol. The quantitative estimate of drug-likeness (QED) is 0.887. The zero-order valence-electron chi connectivity index (χ0n) is 11.6. The maximum absolute atomic E-state index is 13.5. The Morgan fingerprint density at radius 3 is 3.00 bits per heavy atom. The van der Waals surface area contributed by atoms with E-state index in [1.54, 1.807) is 0 Å². The molecule has 2 atom stereocenters. The van der Waals surface area contributed by atoms with E-state index in [0.29, 0.717) is 5.92 Å². The number of halogens is 2. The van der Waals surface area contributed by atoms with Crippen molar-refractivity contribution in [2.45, 2.75) is 32.2 Å². The van der Waals surface area contributed by atoms with Crippen LogP contribution in [0.4, 0.5) is 8.78 Å². The molecule has 0 saturated carbocycles. The number of aryl methyl sites for hydroxylation is 1. The standard InChI is InChI=1S/C15H20F2N2O/c1-10-7-8-18-9-13(10)19-14(20)6-5-11-3-2-4-12(16)15(11)17/h2-4,10,13,18H,5-9H2,1H3,(H,19,20). The summed E-state index contributed by atoms with van der Waals surface area (Å²) in [7, 11) is 0. The number of nitrogens with one attached hydrogen (secondary N) is 2. The van der Waals surface area contributed by atoms with Gasteiger partial charge in [0, 0.05) is 19.0 Å². The number of hydrogen-bond acceptors (Lipinski definition) is 2. The molecule has 2 unspecified atom stereocenters. The van der Waals surface area contributed by atoms with Crippen LogP contribution in [0.3, 0.4) is 0 Å². The monoisotopic (exact) mass is 282 g/mol. The van der Waals surface area contributed by atoms with Gasteiger partial charge in [0.05, 0.1) is 0 Å². The second-order valence-corrected chi connectivity index (χ2v) is 5.36. The lowest BCUT2D eigenvalue weighted by molar-refractivity contribution is -0.122. The molecule has 1 heterocycles. The van der Waals surface area contributed by atoms with E-state index in [2.05, 4.69) is 17.6 Å². The highest BCUT2D eigenvalue weighted by molar-refractivity contribution is 5.76. The van der Waals surface area contributed by atoms with Gasteiger partial charge in [-0.2, -0.15) is 0 Å². The zero-order valence-corrected chi connectivity index (χ0v) is 11.6. The van der Waals surface area contributed by atoms with E-state index >= 15 is 0 Å². The minimum Gasteiger partial charge on any atom is -0.352 e. The van der Waals surface area contributed by atoms with Crippen LogP contribution in [0.25, 0.3) is 0 Å². The van der Waals surface area contributed by atoms with Crippen LogP contribution in [0.2, 0.25) is 0 Å². The Labute approximate surface area is 117 Å². The topological polar surface area (TPSA) is 41.1 Å². The van der Waals surface area contributed by atoms with E-state index in [0.717, 1.165) is 25.6 Å². The molecule has 1 aliphatic heterocycles. The first kappa shape index (κ1) is 14.9. The molecule has 110 valence electrons. The SMILES string of the molecule is CC1CCNCC1NC(=O)CCc1cccc(F)c1F. The van der Waals surface area contributed by atoms with E-state index in [9.17, 15) is 13.6 Å². The van der Waals surface area contributed by atoms with Gasteiger partial charge in [-0.3, -0.25) is 4.79 Å². The molecule has 3 nitrogen and oxygen atoms in total. The van der Waals surface area contributed by atoms with Gasteiger partial charge in [0.15, 0.2) is 11.6 Å². The third kappa shape index (κ3) is 3.76. The molecule has 20 heavy (non-hydrogen) atoms. The van der Waals surface area contributed by atoms with E-state index in [1.165, 1.54) is 12.1 Å². The molecule has 1 fully saturated rings. The highest BCUT2D eigenvalue weighted by Gasteiger charge is 2.22. The van der Waals surface area contributed by atoms with Crippen molar-refractivity contribution in [1.29, 1.82) is 0 Å². The second kappa shape index (κ2) is 6.79. The Bertz CT molecular complexity index is 479. The smallest absolute Gasteiger partial charge is 0.220 e. The summed E-state index contributed by atoms with van der Waals surface area (Å²) in [6, 6.07) is 4.16. The van der Waals surface area contributed by atoms with Gasteiger partial charge in [0.1, 0.15) is 0 Å². The van der Waals surface area contributed by atoms with Crippen molar-refractivity contribution in [1.82, 2.24) is 10.6 Å². The largest absolute Gasteiger partial charge is 0.352 e. The van der Waals surface area contributed by atoms with Crippen LogP contribution < -0.4 is 10.6 Å². The van der Waals surface area contributed by atoms with Crippen molar-refractivity contribution in [3.05, 3.63) is 35.4 Å². The molecule has 2 rings (SSSR count). The highest BCUT2D eigenvalue weighted by Crippen LogP contribution is 2.14. The molecule has 0 aliphatic carbocycles. The number of hydrogen-bond donors (Lipinski definition) is 2. The summed E-state index contributed by atoms with van der Waals surface area (Å²) >= 11 is 0. The second-order valence-electron chi connectivity index (χ2n) is 5.36. The first-order valence-corrected chi connectivity index (χ1v) is 7.01. The lowest BCUT2D eigenvalue weighted by atomic mass is 9.94. The molecule has 1 aliphatic rings. The third-order valence-electron chi connectivity index (χ3n) is 3.83. The van der Waals surface area contributed by atoms with Gasteiger partial charge in [0.25, 0.3) is 0 Å². The molecule has 0 radical (unpaired) electrons. The highest BCUT2D eigenvalue weighted by atomic mass is 19.2. The average Bonchev–Trinajstić information content (AvgIpc) is 2.43. The average molecular weight is 282 g/mol. The predicted octanol–water partition coefficient (Wildman–Crippen LogP) is 2.01. The number of rotatable bonds is 4. The van der Waals surface area contributed by atoms with Crippen molar-refractivity contribution >= 4 is 5.91 Å². The number of carbonyl (C=O) groups is 1. The number of carbonyl (C=O) groups excluding carboxylic acids is 1. The Morgan fingerprint density at radius 2 is 2.25 bits per heavy atom. The van der Waals surface area contributed by atoms with Crippen LogP contribution in [-0.4, -0.2) is 25.0 Å². The van der Waals surface area contributed by atoms with Crippen molar-refractivity contribution in [3.8, 4) is 0 Å². The molecule has 5 heteroatoms. The van der Waals surface area contributed by atoms with Crippen LogP contribution >= 0.6 is 0 Å². The molecule has 1 amide bonds. The van der Waals surface area contributed by atoms with Gasteiger partial charge >= 0.3 is 0 Å². The fraction of sp³-hybridized carbons (Fsp3) is 0.533. The fourth-order valence-electron chi connectivity index (χ4n) is 2.45. The van der Waals surface area contributed by atoms with Crippen molar-refractivity contribution in [2.75, 3.05) is 13.1 Å². The van der Waals surface area contributed by atoms with E-state index < -0.39 is 11.6 Å². The summed E-state index contributed by atoms with van der Waals surface area (Å²) in [5, 5.41) is 6.19. The summed E-state index contributed by atoms with van der Waals surface area (Å²) < 4.78 is 26.5. The molecule has 1 aromatic carbocycles. The van der Waals surface area contributed by atoms with Crippen molar-refractivity contribution in [2.24, 2.45) is 5.92 Å². The molecule has 0 aromatic heterocycles. The lowest BCUT2D eigenvalue weighted by Crippen LogP contribution is -2.50. The van der Waals surface area contributed by atoms with E-state index in [1.807, 2.05) is 0 Å². The van der Waals surface area contributed by atoms with Crippen molar-refractivity contribution in [3.63, 3.8) is 0 Å². The van der Waals surface area contributed by atoms with Gasteiger partial charge in [-0.15, -0.1) is 0 Å². The van der Waals surface area contributed by atoms with Gasteiger partial charge < -0.3 is 10.6 Å². The Kier molecular flexibility index (Phi) is 5.06. The molecular weight excluding hydrogens is 262 g/mol. The van der Waals surface area contributed by atoms with Crippen LogP contribution in [0.15, 0.2) is 18.2 Å². The Hall–Kier alpha value is -1.49. The van der Waals surface area contributed by atoms with Crippen LogP contribution in [0.1, 0.15) is 25.3 Å². The number of benzene rings is 1. The molecule has 0 bridgehead atoms. The van der Waals surface area contributed by atoms with Crippen LogP contribution in [-0.2, 0) is 11.2 Å². The minimum atomic E-state index is -0.868. The summed E-state index contributed by atoms with van der Waals surface area (Å²) in [5.41, 5.74) is 0.245. The van der Waals surface area contributed by atoms with Gasteiger partial charge in [-0.05, 0) is 36.9 Å². The maximum atomic E-state index is 13.5. The minimum absolute atomic E-state index is 0.116. The van der Waals surface area contributed by atoms with E-state index in [4.69, 9.17) is 0 Å². The lowest BCUT2D eigenvalue weighted by Gasteiger charge is -2.30. The Balaban J connectivity index is 1.84. The van der Waals surface area contributed by atoms with Crippen LogP contribution in [0, 0.1) is 17.6 Å². The number of amides is 1.